The molecule has 0 saturated carbocycles. The van der Waals surface area contributed by atoms with Crippen LogP contribution in [-0.2, 0) is 38.8 Å². The van der Waals surface area contributed by atoms with Crippen LogP contribution in [0.2, 0.25) is 0 Å². The van der Waals surface area contributed by atoms with Gasteiger partial charge < -0.3 is 0 Å². The van der Waals surface area contributed by atoms with Gasteiger partial charge >= 0.3 is 24.7 Å². The molecule has 8 aromatic carbocycles. The van der Waals surface area contributed by atoms with Gasteiger partial charge in [-0.15, -0.1) is 0 Å². The Morgan fingerprint density at radius 2 is 0.754 bits per heavy atom. The second-order valence-corrected chi connectivity index (χ2v) is 18.7. The zero-order valence-corrected chi connectivity index (χ0v) is 36.7. The van der Waals surface area contributed by atoms with Crippen LogP contribution in [0, 0.1) is 11.2 Å². The lowest BCUT2D eigenvalue weighted by Crippen LogP contribution is -2.74. The normalized spacial score (nSPS) is 13.2. The first-order valence-corrected chi connectivity index (χ1v) is 22.9. The first-order valence-electron chi connectivity index (χ1n) is 20.7. The summed E-state index contributed by atoms with van der Waals surface area (Å²) in [5, 5.41) is 6.61. The van der Waals surface area contributed by atoms with E-state index >= 15 is 0 Å². The van der Waals surface area contributed by atoms with Gasteiger partial charge in [0.05, 0.1) is 22.3 Å². The summed E-state index contributed by atoms with van der Waals surface area (Å²) in [5.74, 6) is 2.71. The molecule has 8 rings (SSSR count). The van der Waals surface area contributed by atoms with Gasteiger partial charge in [0.1, 0.15) is 12.4 Å². The third-order valence-corrected chi connectivity index (χ3v) is 12.9. The average molecular weight is 975 g/mol. The molecular weight excluding hydrogens is 939 g/mol. The zero-order chi connectivity index (χ0) is 50.0. The van der Waals surface area contributed by atoms with Gasteiger partial charge in [-0.05, 0) is 45.7 Å². The summed E-state index contributed by atoms with van der Waals surface area (Å²) < 4.78 is 173. The molecule has 0 aliphatic heterocycles. The van der Waals surface area contributed by atoms with Crippen molar-refractivity contribution < 1.29 is 61.7 Å². The van der Waals surface area contributed by atoms with Crippen molar-refractivity contribution >= 4 is 65.3 Å². The molecule has 0 radical (unpaired) electrons. The second kappa shape index (κ2) is 19.1. The summed E-state index contributed by atoms with van der Waals surface area (Å²) in [6, 6.07) is 40.7. The van der Waals surface area contributed by atoms with Crippen LogP contribution in [0.25, 0.3) is 21.5 Å². The number of carbonyl (C=O) groups excluding carboxylic acids is 1. The molecule has 69 heavy (non-hydrogen) atoms. The van der Waals surface area contributed by atoms with E-state index in [9.17, 15) is 61.7 Å². The van der Waals surface area contributed by atoms with Gasteiger partial charge in [-0.25, -0.2) is 0 Å². The van der Waals surface area contributed by atoms with Crippen molar-refractivity contribution in [3.8, 4) is 11.2 Å². The molecule has 0 spiro atoms. The Labute approximate surface area is 389 Å². The minimum Gasteiger partial charge on any atom is -0.289 e. The molecule has 0 aliphatic carbocycles. The van der Waals surface area contributed by atoms with Crippen molar-refractivity contribution in [2.45, 2.75) is 24.7 Å². The Hall–Kier alpha value is -7.12. The maximum atomic E-state index is 13.3. The van der Waals surface area contributed by atoms with E-state index < -0.39 is 63.0 Å². The molecule has 8 aromatic rings. The SMILES string of the molecule is C[S+](=O)(C#Cc1ccccc1)CC(=O)c1c2ccccc2cc2ccccc12.FC(F)(F)c1ccc([B-](c2ccc(C(F)(F)F)cc2)(c2ccc(C(F)(F)F)cc2)c2ccc(C(F)(F)F)cc2)cc1. The summed E-state index contributed by atoms with van der Waals surface area (Å²) >= 11 is 0. The van der Waals surface area contributed by atoms with Crippen molar-refractivity contribution in [3.05, 3.63) is 215 Å². The fourth-order valence-corrected chi connectivity index (χ4v) is 9.41. The molecule has 0 fully saturated rings. The Morgan fingerprint density at radius 3 is 1.07 bits per heavy atom. The van der Waals surface area contributed by atoms with Crippen LogP contribution in [-0.4, -0.2) is 23.9 Å². The quantitative estimate of drug-likeness (QED) is 0.0398. The molecule has 352 valence electrons. The number of hydrogen-bond donors (Lipinski definition) is 0. The van der Waals surface area contributed by atoms with Crippen LogP contribution in [0.3, 0.4) is 0 Å². The van der Waals surface area contributed by atoms with Gasteiger partial charge in [-0.2, -0.15) is 74.5 Å². The van der Waals surface area contributed by atoms with Crippen molar-refractivity contribution in [1.82, 2.24) is 0 Å². The van der Waals surface area contributed by atoms with Crippen LogP contribution in [0.4, 0.5) is 52.7 Å². The standard InChI is InChI=1S/C28H16BF12.C25H19O2S/c30-25(31,32)17-1-9-21(10-2-17)29(22-11-3-18(4-12-22)26(33,34)35,23-13-5-19(6-14-23)27(36,37)38)24-15-7-20(8-16-24)28(39,40)41;1-28(27,16-15-19-9-3-2-4-10-19)18-24(26)25-22-13-7-5-11-20(22)17-21-12-6-8-14-23(21)25/h1-16H;2-14,17H,18H2,1H3/q-1;+1. The zero-order valence-electron chi connectivity index (χ0n) is 35.9. The Balaban J connectivity index is 0.000000218. The van der Waals surface area contributed by atoms with Crippen molar-refractivity contribution in [1.29, 1.82) is 0 Å². The van der Waals surface area contributed by atoms with E-state index in [4.69, 9.17) is 0 Å². The summed E-state index contributed by atoms with van der Waals surface area (Å²) in [6.45, 7) is 0. The van der Waals surface area contributed by atoms with Crippen LogP contribution in [0.15, 0.2) is 182 Å². The Bertz CT molecular complexity index is 2930. The Kier molecular flexibility index (Phi) is 13.8. The molecule has 0 saturated heterocycles. The third-order valence-electron chi connectivity index (χ3n) is 11.6. The molecule has 16 heteroatoms. The van der Waals surface area contributed by atoms with E-state index in [0.717, 1.165) is 75.6 Å². The number of fused-ring (bicyclic) bond motifs is 2. The first-order chi connectivity index (χ1) is 32.4. The highest BCUT2D eigenvalue weighted by Crippen LogP contribution is 2.33. The van der Waals surface area contributed by atoms with Gasteiger partial charge in [0, 0.05) is 11.1 Å². The van der Waals surface area contributed by atoms with E-state index in [1.807, 2.05) is 78.9 Å². The van der Waals surface area contributed by atoms with Gasteiger partial charge in [0.25, 0.3) is 0 Å². The smallest absolute Gasteiger partial charge is 0.289 e. The molecule has 0 N–H and O–H groups in total. The highest BCUT2D eigenvalue weighted by molar-refractivity contribution is 8.07. The fourth-order valence-electron chi connectivity index (χ4n) is 8.36. The number of benzene rings is 8. The first kappa shape index (κ1) is 49.8. The van der Waals surface area contributed by atoms with Gasteiger partial charge in [0.2, 0.25) is 5.78 Å². The van der Waals surface area contributed by atoms with E-state index in [1.54, 1.807) is 6.26 Å². The van der Waals surface area contributed by atoms with Gasteiger partial charge in [-0.3, -0.25) is 4.79 Å². The van der Waals surface area contributed by atoms with Crippen molar-refractivity contribution in [2.24, 2.45) is 0 Å². The van der Waals surface area contributed by atoms with E-state index in [2.05, 4.69) is 17.2 Å². The summed E-state index contributed by atoms with van der Waals surface area (Å²) in [5.41, 5.74) is -2.87. The van der Waals surface area contributed by atoms with Crippen molar-refractivity contribution in [3.63, 3.8) is 0 Å². The number of ketones is 1. The predicted octanol–water partition coefficient (Wildman–Crippen LogP) is 12.5. The number of hydrogen-bond acceptors (Lipinski definition) is 2. The predicted molar refractivity (Wildman–Crippen MR) is 248 cm³/mol. The molecule has 1 unspecified atom stereocenters. The molecule has 0 aromatic heterocycles. The lowest BCUT2D eigenvalue weighted by molar-refractivity contribution is -0.138. The van der Waals surface area contributed by atoms with Crippen LogP contribution in [0.5, 0.6) is 0 Å². The minimum atomic E-state index is -4.77. The molecule has 2 nitrogen and oxygen atoms in total. The van der Waals surface area contributed by atoms with E-state index in [0.29, 0.717) is 54.1 Å². The lowest BCUT2D eigenvalue weighted by Gasteiger charge is -2.44. The van der Waals surface area contributed by atoms with E-state index in [1.165, 1.54) is 0 Å². The highest BCUT2D eigenvalue weighted by atomic mass is 32.2. The topological polar surface area (TPSA) is 34.1 Å². The maximum absolute atomic E-state index is 13.3. The molecule has 1 atom stereocenters. The Morgan fingerprint density at radius 1 is 0.449 bits per heavy atom. The molecular formula is C53H35BF12O2S. The maximum Gasteiger partial charge on any atom is 0.416 e. The van der Waals surface area contributed by atoms with E-state index in [-0.39, 0.29) is 33.4 Å². The van der Waals surface area contributed by atoms with Crippen molar-refractivity contribution in [2.75, 3.05) is 12.0 Å². The number of Topliss-reactive ketones (excluding diaryl/α,β-unsaturated/α-hetero) is 1. The molecule has 0 aliphatic rings. The van der Waals surface area contributed by atoms with Crippen LogP contribution in [0.1, 0.15) is 38.2 Å². The molecule has 0 heterocycles. The third kappa shape index (κ3) is 11.1. The monoisotopic (exact) mass is 974 g/mol. The minimum absolute atomic E-state index is 0.0114. The molecule has 0 amide bonds. The number of carbonyl (C=O) groups is 1. The number of rotatable bonds is 7. The van der Waals surface area contributed by atoms with Crippen LogP contribution >= 0.6 is 0 Å². The summed E-state index contributed by atoms with van der Waals surface area (Å²) in [4.78, 5) is 13.3. The fraction of sp³-hybridized carbons (Fsp3) is 0.113. The molecule has 0 bridgehead atoms. The second-order valence-electron chi connectivity index (χ2n) is 16.2. The largest absolute Gasteiger partial charge is 0.416 e. The summed E-state index contributed by atoms with van der Waals surface area (Å²) in [7, 11) is -2.63. The van der Waals surface area contributed by atoms with Gasteiger partial charge in [0.15, 0.2) is 20.9 Å². The number of halogens is 12. The highest BCUT2D eigenvalue weighted by Gasteiger charge is 2.38. The van der Waals surface area contributed by atoms with Gasteiger partial charge in [-0.1, -0.05) is 168 Å². The lowest BCUT2D eigenvalue weighted by atomic mass is 9.13. The summed E-state index contributed by atoms with van der Waals surface area (Å²) in [6.07, 6.45) is -20.4. The van der Waals surface area contributed by atoms with Crippen LogP contribution < -0.4 is 21.9 Å². The number of alkyl halides is 12. The average Bonchev–Trinajstić information content (AvgIpc) is 3.30.